The molecule has 0 aromatic rings. The fourth-order valence-electron chi connectivity index (χ4n) is 2.09. The van der Waals surface area contributed by atoms with Gasteiger partial charge in [-0.2, -0.15) is 0 Å². The van der Waals surface area contributed by atoms with E-state index in [1.165, 1.54) is 6.04 Å². The van der Waals surface area contributed by atoms with Crippen LogP contribution in [0.15, 0.2) is 24.8 Å². The summed E-state index contributed by atoms with van der Waals surface area (Å²) in [6.45, 7) is 8.49. The molecule has 23 heavy (non-hydrogen) atoms. The third-order valence-electron chi connectivity index (χ3n) is 3.37. The van der Waals surface area contributed by atoms with Crippen molar-refractivity contribution in [2.45, 2.75) is 39.8 Å². The van der Waals surface area contributed by atoms with E-state index in [9.17, 15) is 0 Å². The van der Waals surface area contributed by atoms with Gasteiger partial charge in [-0.05, 0) is 46.2 Å². The second-order valence-corrected chi connectivity index (χ2v) is 13.4. The van der Waals surface area contributed by atoms with Gasteiger partial charge >= 0.3 is 8.43 Å². The average molecular weight is 378 g/mol. The SMILES string of the molecule is CC(C)C[SiH]1N(C)C=CN1C.CC(C)N.CN1C=CN(C)[SiH]1Cl. The molecule has 0 unspecified atom stereocenters. The summed E-state index contributed by atoms with van der Waals surface area (Å²) in [4.78, 5) is 0. The number of hydrogen-bond donors (Lipinski definition) is 1. The number of nitrogens with zero attached hydrogens (tertiary/aromatic N) is 4. The van der Waals surface area contributed by atoms with E-state index in [0.29, 0.717) is 6.04 Å². The molecule has 0 spiro atoms. The van der Waals surface area contributed by atoms with Crippen LogP contribution in [-0.4, -0.2) is 70.0 Å². The molecule has 0 amide bonds. The fraction of sp³-hybridized carbons (Fsp3) is 0.733. The van der Waals surface area contributed by atoms with Gasteiger partial charge in [0.25, 0.3) is 0 Å². The summed E-state index contributed by atoms with van der Waals surface area (Å²) in [7, 11) is 6.41. The van der Waals surface area contributed by atoms with Gasteiger partial charge in [0.05, 0.1) is 0 Å². The van der Waals surface area contributed by atoms with Gasteiger partial charge < -0.3 is 24.0 Å². The van der Waals surface area contributed by atoms with Crippen LogP contribution in [0.5, 0.6) is 0 Å². The highest BCUT2D eigenvalue weighted by atomic mass is 35.6. The van der Waals surface area contributed by atoms with Crippen LogP contribution in [0.2, 0.25) is 6.04 Å². The Bertz CT molecular complexity index is 352. The van der Waals surface area contributed by atoms with Gasteiger partial charge in [0.1, 0.15) is 0 Å². The first-order valence-corrected chi connectivity index (χ1v) is 12.8. The molecule has 2 N–H and O–H groups in total. The van der Waals surface area contributed by atoms with E-state index in [4.69, 9.17) is 16.8 Å². The van der Waals surface area contributed by atoms with Crippen molar-refractivity contribution < 1.29 is 0 Å². The first-order valence-electron chi connectivity index (χ1n) is 8.20. The van der Waals surface area contributed by atoms with Crippen molar-refractivity contribution in [2.75, 3.05) is 28.2 Å². The second kappa shape index (κ2) is 11.0. The third-order valence-corrected chi connectivity index (χ3v) is 10.5. The Morgan fingerprint density at radius 3 is 1.35 bits per heavy atom. The standard InChI is InChI=1S/C8H18N2Si.C4H9ClN2Si.C3H9N/c1-8(2)7-11-9(3)5-6-10(11)4;1-6-3-4-7(2)8(6)5;1-3(2)4/h5-6,8,11H,7H2,1-4H3;3-4,8H,1-2H3;3H,4H2,1-2H3. The summed E-state index contributed by atoms with van der Waals surface area (Å²) < 4.78 is 8.95. The van der Waals surface area contributed by atoms with Gasteiger partial charge in [-0.3, -0.25) is 0 Å². The highest BCUT2D eigenvalue weighted by Gasteiger charge is 2.23. The van der Waals surface area contributed by atoms with Gasteiger partial charge in [0.15, 0.2) is 0 Å². The van der Waals surface area contributed by atoms with Gasteiger partial charge in [-0.25, -0.2) is 0 Å². The first kappa shape index (κ1) is 22.4. The summed E-state index contributed by atoms with van der Waals surface area (Å²) in [5.41, 5.74) is 5.11. The molecule has 8 heteroatoms. The van der Waals surface area contributed by atoms with E-state index in [1.807, 2.05) is 40.3 Å². The van der Waals surface area contributed by atoms with E-state index >= 15 is 0 Å². The Balaban J connectivity index is 0.000000354. The molecule has 0 aromatic carbocycles. The highest BCUT2D eigenvalue weighted by molar-refractivity contribution is 7.04. The lowest BCUT2D eigenvalue weighted by Gasteiger charge is -2.26. The maximum atomic E-state index is 5.94. The van der Waals surface area contributed by atoms with Gasteiger partial charge in [0.2, 0.25) is 9.12 Å². The molecule has 5 nitrogen and oxygen atoms in total. The molecule has 0 atom stereocenters. The Morgan fingerprint density at radius 1 is 0.826 bits per heavy atom. The number of hydrogen-bond acceptors (Lipinski definition) is 5. The second-order valence-electron chi connectivity index (χ2n) is 6.92. The molecule has 2 aliphatic heterocycles. The molecule has 0 fully saturated rings. The Labute approximate surface area is 151 Å². The molecule has 0 saturated heterocycles. The van der Waals surface area contributed by atoms with Crippen molar-refractivity contribution in [1.29, 1.82) is 0 Å². The zero-order valence-electron chi connectivity index (χ0n) is 16.1. The number of halogens is 1. The Hall–Kier alpha value is -0.636. The quantitative estimate of drug-likeness (QED) is 0.587. The van der Waals surface area contributed by atoms with Crippen LogP contribution in [0, 0.1) is 5.92 Å². The Kier molecular flexibility index (Phi) is 10.7. The lowest BCUT2D eigenvalue weighted by atomic mass is 10.3. The van der Waals surface area contributed by atoms with Crippen molar-refractivity contribution in [3.05, 3.63) is 24.8 Å². The maximum Gasteiger partial charge on any atom is 0.348 e. The summed E-state index contributed by atoms with van der Waals surface area (Å²) in [5.74, 6) is 0.830. The topological polar surface area (TPSA) is 39.0 Å². The third kappa shape index (κ3) is 9.29. The first-order chi connectivity index (χ1) is 10.6. The van der Waals surface area contributed by atoms with Crippen LogP contribution in [0.3, 0.4) is 0 Å². The van der Waals surface area contributed by atoms with E-state index in [2.05, 4.69) is 58.6 Å². The van der Waals surface area contributed by atoms with Crippen LogP contribution >= 0.6 is 11.1 Å². The molecule has 136 valence electrons. The van der Waals surface area contributed by atoms with Crippen molar-refractivity contribution in [3.63, 3.8) is 0 Å². The minimum atomic E-state index is -1.21. The fourth-order valence-corrected chi connectivity index (χ4v) is 6.13. The van der Waals surface area contributed by atoms with Crippen molar-refractivity contribution in [3.8, 4) is 0 Å². The van der Waals surface area contributed by atoms with Crippen LogP contribution < -0.4 is 5.73 Å². The molecule has 2 rings (SSSR count). The minimum absolute atomic E-state index is 0.333. The predicted octanol–water partition coefficient (Wildman–Crippen LogP) is 1.86. The number of nitrogens with two attached hydrogens (primary N) is 1. The van der Waals surface area contributed by atoms with E-state index in [-0.39, 0.29) is 0 Å². The average Bonchev–Trinajstić information content (AvgIpc) is 2.89. The van der Waals surface area contributed by atoms with Crippen LogP contribution in [0.1, 0.15) is 27.7 Å². The van der Waals surface area contributed by atoms with E-state index in [1.54, 1.807) is 0 Å². The molecule has 2 heterocycles. The monoisotopic (exact) mass is 377 g/mol. The predicted molar refractivity (Wildman–Crippen MR) is 108 cm³/mol. The maximum absolute atomic E-state index is 5.94. The van der Waals surface area contributed by atoms with Crippen LogP contribution in [-0.2, 0) is 0 Å². The van der Waals surface area contributed by atoms with E-state index < -0.39 is 17.5 Å². The molecule has 0 saturated carbocycles. The van der Waals surface area contributed by atoms with Gasteiger partial charge in [-0.15, -0.1) is 11.1 Å². The van der Waals surface area contributed by atoms with Crippen molar-refractivity contribution >= 4 is 28.6 Å². The normalized spacial score (nSPS) is 17.9. The molecule has 0 bridgehead atoms. The van der Waals surface area contributed by atoms with Crippen LogP contribution in [0.25, 0.3) is 0 Å². The molecular weight excluding hydrogens is 342 g/mol. The van der Waals surface area contributed by atoms with Gasteiger partial charge in [-0.1, -0.05) is 27.7 Å². The lowest BCUT2D eigenvalue weighted by molar-refractivity contribution is 0.596. The summed E-state index contributed by atoms with van der Waals surface area (Å²) in [6, 6.07) is 1.71. The summed E-state index contributed by atoms with van der Waals surface area (Å²) in [5, 5.41) is 0. The largest absolute Gasteiger partial charge is 0.391 e. The van der Waals surface area contributed by atoms with Crippen molar-refractivity contribution in [1.82, 2.24) is 18.3 Å². The molecule has 0 radical (unpaired) electrons. The van der Waals surface area contributed by atoms with Crippen molar-refractivity contribution in [2.24, 2.45) is 11.7 Å². The molecular formula is C15H36ClN5Si2. The molecule has 0 aliphatic carbocycles. The Morgan fingerprint density at radius 2 is 1.13 bits per heavy atom. The highest BCUT2D eigenvalue weighted by Crippen LogP contribution is 2.15. The van der Waals surface area contributed by atoms with E-state index in [0.717, 1.165) is 5.92 Å². The zero-order chi connectivity index (χ0) is 18.2. The van der Waals surface area contributed by atoms with Crippen LogP contribution in [0.4, 0.5) is 0 Å². The molecule has 0 aromatic heterocycles. The smallest absolute Gasteiger partial charge is 0.348 e. The minimum Gasteiger partial charge on any atom is -0.391 e. The van der Waals surface area contributed by atoms with Gasteiger partial charge in [0, 0.05) is 24.8 Å². The lowest BCUT2D eigenvalue weighted by Crippen LogP contribution is -2.40. The summed E-state index contributed by atoms with van der Waals surface area (Å²) in [6.07, 6.45) is 8.40. The molecule has 2 aliphatic rings. The number of rotatable bonds is 2. The zero-order valence-corrected chi connectivity index (χ0v) is 19.1. The summed E-state index contributed by atoms with van der Waals surface area (Å²) >= 11 is 5.94.